The summed E-state index contributed by atoms with van der Waals surface area (Å²) in [6.45, 7) is 0.875. The fourth-order valence-corrected chi connectivity index (χ4v) is 3.27. The molecule has 1 aromatic heterocycles. The zero-order chi connectivity index (χ0) is 23.8. The molecule has 0 aliphatic heterocycles. The molecular formula is C21H19F6N3O2. The quantitative estimate of drug-likeness (QED) is 0.550. The van der Waals surface area contributed by atoms with Crippen LogP contribution in [-0.2, 0) is 24.6 Å². The summed E-state index contributed by atoms with van der Waals surface area (Å²) in [7, 11) is 1.44. The molecule has 3 aromatic rings. The van der Waals surface area contributed by atoms with Gasteiger partial charge in [0.05, 0.1) is 28.9 Å². The highest BCUT2D eigenvalue weighted by molar-refractivity contribution is 5.93. The molecule has 3 rings (SSSR count). The Labute approximate surface area is 178 Å². The van der Waals surface area contributed by atoms with Gasteiger partial charge in [0.15, 0.2) is 0 Å². The first-order valence-corrected chi connectivity index (χ1v) is 9.49. The van der Waals surface area contributed by atoms with Crippen LogP contribution in [0.1, 0.15) is 24.5 Å². The minimum Gasteiger partial charge on any atom is -0.326 e. The summed E-state index contributed by atoms with van der Waals surface area (Å²) in [6.07, 6.45) is -9.77. The van der Waals surface area contributed by atoms with E-state index in [0.717, 1.165) is 19.1 Å². The number of benzene rings is 2. The summed E-state index contributed by atoms with van der Waals surface area (Å²) in [4.78, 5) is 24.5. The summed E-state index contributed by atoms with van der Waals surface area (Å²) in [5.74, 6) is -2.68. The Kier molecular flexibility index (Phi) is 6.12. The van der Waals surface area contributed by atoms with Crippen molar-refractivity contribution < 1.29 is 31.1 Å². The van der Waals surface area contributed by atoms with Crippen LogP contribution < -0.4 is 10.9 Å². The van der Waals surface area contributed by atoms with E-state index in [1.54, 1.807) is 0 Å². The van der Waals surface area contributed by atoms with E-state index in [1.165, 1.54) is 46.7 Å². The van der Waals surface area contributed by atoms with E-state index >= 15 is 0 Å². The van der Waals surface area contributed by atoms with E-state index in [2.05, 4.69) is 5.32 Å². The van der Waals surface area contributed by atoms with E-state index in [4.69, 9.17) is 0 Å². The number of carbonyl (C=O) groups is 1. The van der Waals surface area contributed by atoms with Crippen molar-refractivity contribution in [2.45, 2.75) is 32.2 Å². The Morgan fingerprint density at radius 3 is 2.38 bits per heavy atom. The highest BCUT2D eigenvalue weighted by Gasteiger charge is 2.37. The number of rotatable bonds is 5. The van der Waals surface area contributed by atoms with Crippen LogP contribution in [0.15, 0.2) is 47.3 Å². The first kappa shape index (κ1) is 23.4. The Morgan fingerprint density at radius 1 is 1.06 bits per heavy atom. The maximum Gasteiger partial charge on any atom is 0.416 e. The van der Waals surface area contributed by atoms with E-state index < -0.39 is 41.7 Å². The maximum absolute atomic E-state index is 13.0. The van der Waals surface area contributed by atoms with Gasteiger partial charge in [-0.25, -0.2) is 0 Å². The lowest BCUT2D eigenvalue weighted by Crippen LogP contribution is -2.25. The van der Waals surface area contributed by atoms with Crippen molar-refractivity contribution >= 4 is 22.5 Å². The molecule has 32 heavy (non-hydrogen) atoms. The van der Waals surface area contributed by atoms with Crippen LogP contribution in [0.3, 0.4) is 0 Å². The molecule has 172 valence electrons. The predicted octanol–water partition coefficient (Wildman–Crippen LogP) is 4.93. The Hall–Kier alpha value is -3.24. The molecule has 1 amide bonds. The zero-order valence-corrected chi connectivity index (χ0v) is 17.0. The predicted molar refractivity (Wildman–Crippen MR) is 106 cm³/mol. The molecule has 0 bridgehead atoms. The molecule has 0 saturated carbocycles. The van der Waals surface area contributed by atoms with Crippen molar-refractivity contribution in [1.29, 1.82) is 0 Å². The van der Waals surface area contributed by atoms with Crippen LogP contribution in [0.25, 0.3) is 10.9 Å². The van der Waals surface area contributed by atoms with Gasteiger partial charge in [-0.05, 0) is 35.9 Å². The Balaban J connectivity index is 1.88. The molecule has 1 heterocycles. The van der Waals surface area contributed by atoms with Crippen molar-refractivity contribution in [3.63, 3.8) is 0 Å². The molecule has 2 aromatic carbocycles. The van der Waals surface area contributed by atoms with Gasteiger partial charge in [0.1, 0.15) is 0 Å². The Morgan fingerprint density at radius 2 is 1.75 bits per heavy atom. The first-order valence-electron chi connectivity index (χ1n) is 9.49. The third-order valence-corrected chi connectivity index (χ3v) is 5.08. The second kappa shape index (κ2) is 8.36. The summed E-state index contributed by atoms with van der Waals surface area (Å²) >= 11 is 0. The third kappa shape index (κ3) is 4.97. The number of carbonyl (C=O) groups excluding carboxylic acids is 1. The molecule has 1 N–H and O–H groups in total. The van der Waals surface area contributed by atoms with Gasteiger partial charge in [0.2, 0.25) is 5.91 Å². The van der Waals surface area contributed by atoms with Gasteiger partial charge in [0, 0.05) is 19.2 Å². The smallest absolute Gasteiger partial charge is 0.326 e. The SMILES string of the molecule is CC(CC(=O)Nc1ccc2c(c1)c(=O)n(C)n2Cc1cccc(C(F)(F)F)c1)C(F)(F)F. The lowest BCUT2D eigenvalue weighted by atomic mass is 10.1. The number of aromatic nitrogens is 2. The Bertz CT molecular complexity index is 1210. The summed E-state index contributed by atoms with van der Waals surface area (Å²) in [6, 6.07) is 8.95. The largest absolute Gasteiger partial charge is 0.416 e. The average molecular weight is 459 g/mol. The van der Waals surface area contributed by atoms with E-state index in [-0.39, 0.29) is 17.6 Å². The van der Waals surface area contributed by atoms with Gasteiger partial charge in [-0.2, -0.15) is 26.3 Å². The van der Waals surface area contributed by atoms with E-state index in [9.17, 15) is 35.9 Å². The monoisotopic (exact) mass is 459 g/mol. The highest BCUT2D eigenvalue weighted by atomic mass is 19.4. The first-order chi connectivity index (χ1) is 14.8. The average Bonchev–Trinajstić information content (AvgIpc) is 2.91. The minimum absolute atomic E-state index is 0.0199. The van der Waals surface area contributed by atoms with Crippen LogP contribution in [0.4, 0.5) is 32.0 Å². The number of fused-ring (bicyclic) bond motifs is 1. The van der Waals surface area contributed by atoms with Gasteiger partial charge < -0.3 is 5.32 Å². The molecule has 0 aliphatic carbocycles. The van der Waals surface area contributed by atoms with E-state index in [0.29, 0.717) is 11.1 Å². The van der Waals surface area contributed by atoms with Crippen molar-refractivity contribution in [3.8, 4) is 0 Å². The molecule has 1 atom stereocenters. The molecule has 0 radical (unpaired) electrons. The normalized spacial score (nSPS) is 13.4. The number of hydrogen-bond acceptors (Lipinski definition) is 2. The van der Waals surface area contributed by atoms with Crippen molar-refractivity contribution in [3.05, 3.63) is 63.9 Å². The molecular weight excluding hydrogens is 440 g/mol. The zero-order valence-electron chi connectivity index (χ0n) is 17.0. The second-order valence-corrected chi connectivity index (χ2v) is 7.51. The van der Waals surface area contributed by atoms with Crippen molar-refractivity contribution in [2.24, 2.45) is 13.0 Å². The number of nitrogens with one attached hydrogen (secondary N) is 1. The third-order valence-electron chi connectivity index (χ3n) is 5.08. The molecule has 0 saturated heterocycles. The standard InChI is InChI=1S/C21H19F6N3O2/c1-12(20(22,23)24)8-18(31)28-15-6-7-17-16(10-15)19(32)29(2)30(17)11-13-4-3-5-14(9-13)21(25,26)27/h3-7,9-10,12H,8,11H2,1-2H3,(H,28,31). The van der Waals surface area contributed by atoms with Gasteiger partial charge in [-0.15, -0.1) is 0 Å². The summed E-state index contributed by atoms with van der Waals surface area (Å²) in [5, 5.41) is 2.51. The lowest BCUT2D eigenvalue weighted by Gasteiger charge is -2.15. The molecule has 1 unspecified atom stereocenters. The number of hydrogen-bond donors (Lipinski definition) is 1. The number of amides is 1. The van der Waals surface area contributed by atoms with Crippen LogP contribution >= 0.6 is 0 Å². The molecule has 0 fully saturated rings. The maximum atomic E-state index is 13.0. The fraction of sp³-hybridized carbons (Fsp3) is 0.333. The second-order valence-electron chi connectivity index (χ2n) is 7.51. The molecule has 0 aliphatic rings. The van der Waals surface area contributed by atoms with E-state index in [1.807, 2.05) is 0 Å². The van der Waals surface area contributed by atoms with Crippen molar-refractivity contribution in [2.75, 3.05) is 5.32 Å². The van der Waals surface area contributed by atoms with Gasteiger partial charge in [-0.1, -0.05) is 19.1 Å². The summed E-state index contributed by atoms with van der Waals surface area (Å²) < 4.78 is 79.5. The highest BCUT2D eigenvalue weighted by Crippen LogP contribution is 2.30. The molecule has 5 nitrogen and oxygen atoms in total. The van der Waals surface area contributed by atoms with Gasteiger partial charge in [0.25, 0.3) is 5.56 Å². The fourth-order valence-electron chi connectivity index (χ4n) is 3.27. The van der Waals surface area contributed by atoms with Crippen LogP contribution in [0.5, 0.6) is 0 Å². The number of nitrogens with zero attached hydrogens (tertiary/aromatic N) is 2. The number of halogens is 6. The molecule has 0 spiro atoms. The van der Waals surface area contributed by atoms with Crippen LogP contribution in [0, 0.1) is 5.92 Å². The van der Waals surface area contributed by atoms with Crippen LogP contribution in [-0.4, -0.2) is 21.4 Å². The lowest BCUT2D eigenvalue weighted by molar-refractivity contribution is -0.173. The van der Waals surface area contributed by atoms with Crippen molar-refractivity contribution in [1.82, 2.24) is 9.36 Å². The van der Waals surface area contributed by atoms with Gasteiger partial charge in [-0.3, -0.25) is 19.0 Å². The van der Waals surface area contributed by atoms with Gasteiger partial charge >= 0.3 is 12.4 Å². The topological polar surface area (TPSA) is 56.0 Å². The summed E-state index contributed by atoms with van der Waals surface area (Å²) in [5.41, 5.74) is -0.408. The van der Waals surface area contributed by atoms with Crippen LogP contribution in [0.2, 0.25) is 0 Å². The minimum atomic E-state index is -4.50. The number of alkyl halides is 6. The number of anilines is 1. The molecule has 11 heteroatoms.